The molecule has 2 aliphatic heterocycles. The van der Waals surface area contributed by atoms with Gasteiger partial charge < -0.3 is 0 Å². The molecule has 2 aliphatic rings. The highest BCUT2D eigenvalue weighted by Gasteiger charge is 2.25. The van der Waals surface area contributed by atoms with Gasteiger partial charge in [-0.1, -0.05) is 0 Å². The Bertz CT molecular complexity index is 330. The number of fused-ring (bicyclic) bond motifs is 1. The molecule has 3 heterocycles. The summed E-state index contributed by atoms with van der Waals surface area (Å²) < 4.78 is 0. The molecule has 0 spiro atoms. The lowest BCUT2D eigenvalue weighted by molar-refractivity contribution is 0.168. The van der Waals surface area contributed by atoms with Crippen LogP contribution in [0.1, 0.15) is 24.1 Å². The van der Waals surface area contributed by atoms with Crippen molar-refractivity contribution in [2.75, 3.05) is 18.1 Å². The zero-order valence-corrected chi connectivity index (χ0v) is 9.72. The van der Waals surface area contributed by atoms with Gasteiger partial charge in [0.25, 0.3) is 0 Å². The zero-order valence-electron chi connectivity index (χ0n) is 8.91. The van der Waals surface area contributed by atoms with Gasteiger partial charge in [-0.3, -0.25) is 10.00 Å². The summed E-state index contributed by atoms with van der Waals surface area (Å²) in [6, 6.07) is 0.828. The maximum atomic E-state index is 4.13. The number of H-pyrrole nitrogens is 1. The van der Waals surface area contributed by atoms with Gasteiger partial charge >= 0.3 is 0 Å². The molecule has 1 N–H and O–H groups in total. The minimum Gasteiger partial charge on any atom is -0.296 e. The maximum Gasteiger partial charge on any atom is 0.0535 e. The van der Waals surface area contributed by atoms with Crippen LogP contribution in [0.4, 0.5) is 0 Å². The van der Waals surface area contributed by atoms with E-state index in [-0.39, 0.29) is 0 Å². The van der Waals surface area contributed by atoms with E-state index in [1.54, 1.807) is 0 Å². The topological polar surface area (TPSA) is 31.9 Å². The highest BCUT2D eigenvalue weighted by atomic mass is 32.2. The Morgan fingerprint density at radius 3 is 3.13 bits per heavy atom. The molecule has 1 aromatic heterocycles. The number of aromatic amines is 1. The van der Waals surface area contributed by atoms with Gasteiger partial charge in [-0.05, 0) is 24.3 Å². The van der Waals surface area contributed by atoms with Gasteiger partial charge in [0.15, 0.2) is 0 Å². The lowest BCUT2D eigenvalue weighted by Crippen LogP contribution is -2.41. The smallest absolute Gasteiger partial charge is 0.0535 e. The lowest BCUT2D eigenvalue weighted by Gasteiger charge is -2.36. The second kappa shape index (κ2) is 4.18. The second-order valence-electron chi connectivity index (χ2n) is 4.44. The summed E-state index contributed by atoms with van der Waals surface area (Å²) in [5, 5.41) is 7.23. The summed E-state index contributed by atoms with van der Waals surface area (Å²) in [6.07, 6.45) is 5.90. The molecule has 0 atom stereocenters. The van der Waals surface area contributed by atoms with Crippen molar-refractivity contribution < 1.29 is 0 Å². The molecule has 0 bridgehead atoms. The van der Waals surface area contributed by atoms with Crippen molar-refractivity contribution in [3.05, 3.63) is 17.5 Å². The molecule has 82 valence electrons. The third-order valence-corrected chi connectivity index (χ3v) is 4.59. The Hall–Kier alpha value is -0.480. The second-order valence-corrected chi connectivity index (χ2v) is 5.66. The number of aromatic nitrogens is 2. The van der Waals surface area contributed by atoms with Crippen LogP contribution in [0.2, 0.25) is 0 Å². The molecule has 0 aliphatic carbocycles. The fourth-order valence-electron chi connectivity index (χ4n) is 2.61. The Labute approximate surface area is 94.6 Å². The van der Waals surface area contributed by atoms with E-state index < -0.39 is 0 Å². The average molecular weight is 223 g/mol. The zero-order chi connectivity index (χ0) is 10.1. The van der Waals surface area contributed by atoms with Crippen molar-refractivity contribution in [1.82, 2.24) is 15.1 Å². The number of nitrogens with zero attached hydrogens (tertiary/aromatic N) is 2. The highest BCUT2D eigenvalue weighted by molar-refractivity contribution is 7.99. The molecule has 3 rings (SSSR count). The Kier molecular flexibility index (Phi) is 2.71. The number of hydrogen-bond acceptors (Lipinski definition) is 3. The van der Waals surface area contributed by atoms with E-state index in [2.05, 4.69) is 26.9 Å². The first-order valence-corrected chi connectivity index (χ1v) is 6.92. The summed E-state index contributed by atoms with van der Waals surface area (Å²) in [5.41, 5.74) is 2.77. The summed E-state index contributed by atoms with van der Waals surface area (Å²) in [5.74, 6) is 2.69. The molecular formula is C11H17N3S. The molecule has 0 amide bonds. The first-order chi connectivity index (χ1) is 7.43. The monoisotopic (exact) mass is 223 g/mol. The number of hydrogen-bond donors (Lipinski definition) is 1. The van der Waals surface area contributed by atoms with Crippen LogP contribution in [0.5, 0.6) is 0 Å². The Morgan fingerprint density at radius 2 is 2.27 bits per heavy atom. The standard InChI is InChI=1S/C11H17N3S/c1-4-14(10-2-5-15-6-3-10)8-9-7-12-13-11(1)9/h7,10H,1-6,8H2,(H,12,13). The van der Waals surface area contributed by atoms with Crippen LogP contribution in [0.25, 0.3) is 0 Å². The molecule has 1 saturated heterocycles. The number of thioether (sulfide) groups is 1. The fourth-order valence-corrected chi connectivity index (χ4v) is 3.69. The first-order valence-electron chi connectivity index (χ1n) is 5.76. The van der Waals surface area contributed by atoms with Crippen LogP contribution in [0.3, 0.4) is 0 Å². The van der Waals surface area contributed by atoms with E-state index in [1.807, 2.05) is 6.20 Å². The highest BCUT2D eigenvalue weighted by Crippen LogP contribution is 2.26. The third-order valence-electron chi connectivity index (χ3n) is 3.54. The number of nitrogens with one attached hydrogen (secondary N) is 1. The van der Waals surface area contributed by atoms with Crippen LogP contribution < -0.4 is 0 Å². The predicted molar refractivity (Wildman–Crippen MR) is 63.0 cm³/mol. The molecule has 1 aromatic rings. The molecular weight excluding hydrogens is 206 g/mol. The largest absolute Gasteiger partial charge is 0.296 e. The molecule has 3 nitrogen and oxygen atoms in total. The molecule has 0 unspecified atom stereocenters. The van der Waals surface area contributed by atoms with Crippen molar-refractivity contribution in [2.24, 2.45) is 0 Å². The SMILES string of the molecule is c1n[nH]c2c1CN(C1CCSCC1)CC2. The van der Waals surface area contributed by atoms with Crippen molar-refractivity contribution in [1.29, 1.82) is 0 Å². The summed E-state index contributed by atoms with van der Waals surface area (Å²) in [6.45, 7) is 2.33. The van der Waals surface area contributed by atoms with E-state index in [0.717, 1.165) is 19.0 Å². The summed E-state index contributed by atoms with van der Waals surface area (Å²) in [7, 11) is 0. The third kappa shape index (κ3) is 1.93. The number of rotatable bonds is 1. The molecule has 0 aromatic carbocycles. The van der Waals surface area contributed by atoms with Gasteiger partial charge in [0.05, 0.1) is 6.20 Å². The quantitative estimate of drug-likeness (QED) is 0.786. The summed E-state index contributed by atoms with van der Waals surface area (Å²) >= 11 is 2.10. The van der Waals surface area contributed by atoms with Gasteiger partial charge in [-0.15, -0.1) is 0 Å². The molecule has 0 radical (unpaired) electrons. The van der Waals surface area contributed by atoms with Crippen LogP contribution in [-0.4, -0.2) is 39.2 Å². The van der Waals surface area contributed by atoms with Gasteiger partial charge in [0.1, 0.15) is 0 Å². The van der Waals surface area contributed by atoms with Gasteiger partial charge in [0.2, 0.25) is 0 Å². The van der Waals surface area contributed by atoms with E-state index in [0.29, 0.717) is 0 Å². The van der Waals surface area contributed by atoms with Crippen molar-refractivity contribution in [3.8, 4) is 0 Å². The van der Waals surface area contributed by atoms with Crippen molar-refractivity contribution >= 4 is 11.8 Å². The van der Waals surface area contributed by atoms with Crippen LogP contribution in [0, 0.1) is 0 Å². The van der Waals surface area contributed by atoms with E-state index in [1.165, 1.54) is 42.1 Å². The van der Waals surface area contributed by atoms with Crippen LogP contribution in [-0.2, 0) is 13.0 Å². The average Bonchev–Trinajstić information content (AvgIpc) is 2.77. The lowest BCUT2D eigenvalue weighted by atomic mass is 10.0. The minimum atomic E-state index is 0.828. The Morgan fingerprint density at radius 1 is 1.40 bits per heavy atom. The molecule has 15 heavy (non-hydrogen) atoms. The predicted octanol–water partition coefficient (Wildman–Crippen LogP) is 1.66. The van der Waals surface area contributed by atoms with Gasteiger partial charge in [-0.2, -0.15) is 16.9 Å². The maximum absolute atomic E-state index is 4.13. The van der Waals surface area contributed by atoms with Gasteiger partial charge in [-0.25, -0.2) is 0 Å². The van der Waals surface area contributed by atoms with E-state index in [9.17, 15) is 0 Å². The Balaban J connectivity index is 1.69. The normalized spacial score (nSPS) is 24.0. The van der Waals surface area contributed by atoms with Gasteiger partial charge in [0, 0.05) is 36.8 Å². The molecule has 4 heteroatoms. The summed E-state index contributed by atoms with van der Waals surface area (Å²) in [4.78, 5) is 2.65. The molecule has 1 fully saturated rings. The fraction of sp³-hybridized carbons (Fsp3) is 0.727. The first kappa shape index (κ1) is 9.73. The van der Waals surface area contributed by atoms with E-state index >= 15 is 0 Å². The van der Waals surface area contributed by atoms with Crippen LogP contribution >= 0.6 is 11.8 Å². The van der Waals surface area contributed by atoms with E-state index in [4.69, 9.17) is 0 Å². The molecule has 0 saturated carbocycles. The van der Waals surface area contributed by atoms with Crippen molar-refractivity contribution in [3.63, 3.8) is 0 Å². The van der Waals surface area contributed by atoms with Crippen LogP contribution in [0.15, 0.2) is 6.20 Å². The minimum absolute atomic E-state index is 0.828. The van der Waals surface area contributed by atoms with Crippen molar-refractivity contribution in [2.45, 2.75) is 31.8 Å².